The molecule has 1 aliphatic heterocycles. The minimum Gasteiger partial charge on any atom is -0.369 e. The van der Waals surface area contributed by atoms with Gasteiger partial charge in [-0.3, -0.25) is 4.90 Å². The van der Waals surface area contributed by atoms with Gasteiger partial charge < -0.3 is 4.90 Å². The normalized spacial score (nSPS) is 15.5. The highest BCUT2D eigenvalue weighted by Gasteiger charge is 2.30. The molecule has 2 nitrogen and oxygen atoms in total. The fourth-order valence-electron chi connectivity index (χ4n) is 3.82. The Balaban J connectivity index is 1.40. The maximum Gasteiger partial charge on any atom is 0.416 e. The van der Waals surface area contributed by atoms with E-state index in [4.69, 9.17) is 0 Å². The average Bonchev–Trinajstić information content (AvgIpc) is 2.75. The van der Waals surface area contributed by atoms with Crippen molar-refractivity contribution in [3.05, 3.63) is 90.0 Å². The fourth-order valence-corrected chi connectivity index (χ4v) is 3.82. The lowest BCUT2D eigenvalue weighted by atomic mass is 9.99. The van der Waals surface area contributed by atoms with E-state index < -0.39 is 11.7 Å². The number of benzene rings is 3. The van der Waals surface area contributed by atoms with Crippen LogP contribution in [0.15, 0.2) is 78.9 Å². The highest BCUT2D eigenvalue weighted by molar-refractivity contribution is 5.67. The van der Waals surface area contributed by atoms with Crippen molar-refractivity contribution in [3.8, 4) is 11.1 Å². The molecule has 0 saturated carbocycles. The molecule has 0 amide bonds. The first kappa shape index (κ1) is 19.5. The molecular formula is C24H23F3N2. The van der Waals surface area contributed by atoms with Crippen molar-refractivity contribution in [1.82, 2.24) is 4.90 Å². The lowest BCUT2D eigenvalue weighted by Gasteiger charge is -2.36. The Morgan fingerprint density at radius 3 is 1.97 bits per heavy atom. The van der Waals surface area contributed by atoms with Crippen LogP contribution in [0.25, 0.3) is 11.1 Å². The Bertz CT molecular complexity index is 928. The number of rotatable bonds is 4. The maximum absolute atomic E-state index is 12.8. The van der Waals surface area contributed by atoms with Gasteiger partial charge in [-0.2, -0.15) is 13.2 Å². The first-order valence-electron chi connectivity index (χ1n) is 9.78. The summed E-state index contributed by atoms with van der Waals surface area (Å²) in [5, 5.41) is 0. The smallest absolute Gasteiger partial charge is 0.369 e. The summed E-state index contributed by atoms with van der Waals surface area (Å²) in [4.78, 5) is 4.56. The van der Waals surface area contributed by atoms with E-state index in [1.807, 2.05) is 6.07 Å². The van der Waals surface area contributed by atoms with Crippen LogP contribution in [0, 0.1) is 0 Å². The van der Waals surface area contributed by atoms with Gasteiger partial charge in [0.1, 0.15) is 0 Å². The van der Waals surface area contributed by atoms with Gasteiger partial charge in [0.05, 0.1) is 5.56 Å². The third-order valence-electron chi connectivity index (χ3n) is 5.43. The molecule has 0 spiro atoms. The van der Waals surface area contributed by atoms with Gasteiger partial charge in [-0.15, -0.1) is 0 Å². The molecule has 0 N–H and O–H groups in total. The first-order chi connectivity index (χ1) is 14.0. The van der Waals surface area contributed by atoms with Crippen LogP contribution >= 0.6 is 0 Å². The van der Waals surface area contributed by atoms with Gasteiger partial charge in [0, 0.05) is 38.4 Å². The Hall–Kier alpha value is -2.79. The molecule has 0 atom stereocenters. The summed E-state index contributed by atoms with van der Waals surface area (Å²) in [6, 6.07) is 24.3. The lowest BCUT2D eigenvalue weighted by molar-refractivity contribution is -0.137. The van der Waals surface area contributed by atoms with Crippen LogP contribution in [0.1, 0.15) is 11.1 Å². The fraction of sp³-hybridized carbons (Fsp3) is 0.250. The third-order valence-corrected chi connectivity index (χ3v) is 5.43. The van der Waals surface area contributed by atoms with E-state index in [0.29, 0.717) is 0 Å². The van der Waals surface area contributed by atoms with E-state index in [1.54, 1.807) is 12.1 Å². The summed E-state index contributed by atoms with van der Waals surface area (Å²) in [6.45, 7) is 4.23. The highest BCUT2D eigenvalue weighted by Crippen LogP contribution is 2.31. The summed E-state index contributed by atoms with van der Waals surface area (Å²) in [7, 11) is 0. The number of alkyl halides is 3. The minimum absolute atomic E-state index is 0.600. The second kappa shape index (κ2) is 8.29. The van der Waals surface area contributed by atoms with Crippen LogP contribution in [-0.4, -0.2) is 31.1 Å². The topological polar surface area (TPSA) is 6.48 Å². The van der Waals surface area contributed by atoms with Crippen LogP contribution in [0.3, 0.4) is 0 Å². The second-order valence-corrected chi connectivity index (χ2v) is 7.33. The molecule has 1 heterocycles. The van der Waals surface area contributed by atoms with E-state index >= 15 is 0 Å². The van der Waals surface area contributed by atoms with Crippen LogP contribution in [0.2, 0.25) is 0 Å². The van der Waals surface area contributed by atoms with Crippen LogP contribution < -0.4 is 4.90 Å². The number of hydrogen-bond acceptors (Lipinski definition) is 2. The Morgan fingerprint density at radius 2 is 1.31 bits per heavy atom. The predicted molar refractivity (Wildman–Crippen MR) is 111 cm³/mol. The summed E-state index contributed by atoms with van der Waals surface area (Å²) in [5.41, 5.74) is 4.01. The van der Waals surface area contributed by atoms with Gasteiger partial charge in [-0.25, -0.2) is 0 Å². The molecule has 3 aromatic carbocycles. The zero-order valence-electron chi connectivity index (χ0n) is 16.1. The average molecular weight is 396 g/mol. The van der Waals surface area contributed by atoms with Gasteiger partial charge in [-0.1, -0.05) is 54.6 Å². The van der Waals surface area contributed by atoms with E-state index in [-0.39, 0.29) is 0 Å². The molecular weight excluding hydrogens is 373 g/mol. The van der Waals surface area contributed by atoms with E-state index in [2.05, 4.69) is 58.3 Å². The number of anilines is 1. The molecule has 3 aromatic rings. The quantitative estimate of drug-likeness (QED) is 0.559. The van der Waals surface area contributed by atoms with Crippen molar-refractivity contribution in [1.29, 1.82) is 0 Å². The van der Waals surface area contributed by atoms with Crippen molar-refractivity contribution in [2.75, 3.05) is 31.1 Å². The molecule has 29 heavy (non-hydrogen) atoms. The Morgan fingerprint density at radius 1 is 0.690 bits per heavy atom. The zero-order chi connectivity index (χ0) is 20.3. The molecule has 0 bridgehead atoms. The van der Waals surface area contributed by atoms with Gasteiger partial charge in [0.25, 0.3) is 0 Å². The lowest BCUT2D eigenvalue weighted by Crippen LogP contribution is -2.46. The highest BCUT2D eigenvalue weighted by atomic mass is 19.4. The van der Waals surface area contributed by atoms with Crippen LogP contribution in [0.5, 0.6) is 0 Å². The maximum atomic E-state index is 12.8. The van der Waals surface area contributed by atoms with E-state index in [1.165, 1.54) is 16.7 Å². The van der Waals surface area contributed by atoms with Gasteiger partial charge in [0.15, 0.2) is 0 Å². The SMILES string of the molecule is FC(F)(F)c1ccc(N2CCN(Cc3ccccc3-c3ccccc3)CC2)cc1. The van der Waals surface area contributed by atoms with Crippen molar-refractivity contribution < 1.29 is 13.2 Å². The monoisotopic (exact) mass is 396 g/mol. The predicted octanol–water partition coefficient (Wildman–Crippen LogP) is 5.69. The molecule has 5 heteroatoms. The molecule has 0 radical (unpaired) electrons. The van der Waals surface area contributed by atoms with Gasteiger partial charge in [0.2, 0.25) is 0 Å². The summed E-state index contributed by atoms with van der Waals surface area (Å²) in [6.07, 6.45) is -4.29. The number of halogens is 3. The molecule has 150 valence electrons. The number of piperazine rings is 1. The Kier molecular flexibility index (Phi) is 5.58. The zero-order valence-corrected chi connectivity index (χ0v) is 16.1. The van der Waals surface area contributed by atoms with Crippen molar-refractivity contribution in [3.63, 3.8) is 0 Å². The molecule has 4 rings (SSSR count). The molecule has 0 unspecified atom stereocenters. The van der Waals surface area contributed by atoms with E-state index in [9.17, 15) is 13.2 Å². The standard InChI is InChI=1S/C24H23F3N2/c25-24(26,27)21-10-12-22(13-11-21)29-16-14-28(15-17-29)18-20-8-4-5-9-23(20)19-6-2-1-3-7-19/h1-13H,14-18H2. The van der Waals surface area contributed by atoms with Crippen molar-refractivity contribution >= 4 is 5.69 Å². The molecule has 1 aliphatic rings. The minimum atomic E-state index is -4.29. The largest absolute Gasteiger partial charge is 0.416 e. The number of nitrogens with zero attached hydrogens (tertiary/aromatic N) is 2. The molecule has 0 aromatic heterocycles. The number of hydrogen-bond donors (Lipinski definition) is 0. The second-order valence-electron chi connectivity index (χ2n) is 7.33. The van der Waals surface area contributed by atoms with Crippen LogP contribution in [0.4, 0.5) is 18.9 Å². The van der Waals surface area contributed by atoms with E-state index in [0.717, 1.165) is 50.5 Å². The van der Waals surface area contributed by atoms with Gasteiger partial charge >= 0.3 is 6.18 Å². The summed E-state index contributed by atoms with van der Waals surface area (Å²) in [5.74, 6) is 0. The van der Waals surface area contributed by atoms with Gasteiger partial charge in [-0.05, 0) is 41.0 Å². The third kappa shape index (κ3) is 4.62. The molecule has 1 fully saturated rings. The first-order valence-corrected chi connectivity index (χ1v) is 9.78. The molecule has 1 saturated heterocycles. The summed E-state index contributed by atoms with van der Waals surface area (Å²) >= 11 is 0. The summed E-state index contributed by atoms with van der Waals surface area (Å²) < 4.78 is 38.3. The van der Waals surface area contributed by atoms with Crippen LogP contribution in [-0.2, 0) is 12.7 Å². The Labute approximate surface area is 169 Å². The van der Waals surface area contributed by atoms with Crippen molar-refractivity contribution in [2.24, 2.45) is 0 Å². The van der Waals surface area contributed by atoms with Crippen molar-refractivity contribution in [2.45, 2.75) is 12.7 Å². The molecule has 0 aliphatic carbocycles.